The number of carboxylic acid groups (broad SMARTS) is 1. The minimum atomic E-state index is -2.03. The van der Waals surface area contributed by atoms with Gasteiger partial charge in [-0.15, -0.1) is 0 Å². The van der Waals surface area contributed by atoms with Gasteiger partial charge in [-0.1, -0.05) is 24.3 Å². The molecule has 4 atom stereocenters. The van der Waals surface area contributed by atoms with Gasteiger partial charge in [-0.2, -0.15) is 0 Å². The molecule has 1 rings (SSSR count). The zero-order valence-electron chi connectivity index (χ0n) is 16.2. The molecule has 0 aliphatic carbocycles. The lowest BCUT2D eigenvalue weighted by Gasteiger charge is -2.19. The van der Waals surface area contributed by atoms with Crippen LogP contribution in [-0.4, -0.2) is 97.1 Å². The Morgan fingerprint density at radius 1 is 1.15 bits per heavy atom. The summed E-state index contributed by atoms with van der Waals surface area (Å²) in [6.45, 7) is -1.69. The molecule has 10 N–H and O–H groups in total. The van der Waals surface area contributed by atoms with Crippen LogP contribution in [0.25, 0.3) is 1.43 Å². The molecule has 0 aliphatic heterocycles. The Kier molecular flexibility index (Phi) is 9.90. The molecule has 0 saturated heterocycles. The van der Waals surface area contributed by atoms with E-state index < -0.39 is 56.4 Å². The molecule has 27 heavy (non-hydrogen) atoms. The maximum absolute atomic E-state index is 11.0. The molecule has 1 aromatic carbocycles. The lowest BCUT2D eigenvalue weighted by Crippen LogP contribution is -2.44. The van der Waals surface area contributed by atoms with E-state index in [-0.39, 0.29) is 6.42 Å². The smallest absolute Gasteiger partial charge is 0.480 e. The van der Waals surface area contributed by atoms with Crippen LogP contribution in [0, 0.1) is 0 Å². The fraction of sp³-hybridized carbons (Fsp3) is 0.467. The van der Waals surface area contributed by atoms with Crippen LogP contribution in [0.2, 0.25) is 0 Å². The summed E-state index contributed by atoms with van der Waals surface area (Å²) in [7, 11) is -1.57. The summed E-state index contributed by atoms with van der Waals surface area (Å²) < 4.78 is 13.9. The summed E-state index contributed by atoms with van der Waals surface area (Å²) in [6.07, 6.45) is -5.35. The van der Waals surface area contributed by atoms with E-state index >= 15 is 0 Å². The monoisotopic (exact) mass is 391 g/mol. The molecule has 0 heterocycles. The second-order valence-electron chi connectivity index (χ2n) is 5.41. The summed E-state index contributed by atoms with van der Waals surface area (Å²) in [5.74, 6) is -2.15. The second-order valence-corrected chi connectivity index (χ2v) is 5.41. The van der Waals surface area contributed by atoms with Crippen molar-refractivity contribution in [3.05, 3.63) is 29.8 Å². The van der Waals surface area contributed by atoms with E-state index in [4.69, 9.17) is 44.1 Å². The number of ketones is 1. The van der Waals surface area contributed by atoms with Crippen LogP contribution in [-0.2, 0) is 16.0 Å². The number of benzene rings is 1. The Bertz CT molecular complexity index is 646. The summed E-state index contributed by atoms with van der Waals surface area (Å²) in [4.78, 5) is 21.5. The van der Waals surface area contributed by atoms with Gasteiger partial charge in [0.2, 0.25) is 0 Å². The molecule has 0 aliphatic rings. The second kappa shape index (κ2) is 12.5. The third-order valence-corrected chi connectivity index (χ3v) is 3.33. The van der Waals surface area contributed by atoms with E-state index in [0.717, 1.165) is 0 Å². The minimum absolute atomic E-state index is 0.132. The highest BCUT2D eigenvalue weighted by Crippen LogP contribution is 2.01. The van der Waals surface area contributed by atoms with Gasteiger partial charge in [0, 0.05) is 0 Å². The quantitative estimate of drug-likeness (QED) is 0.181. The number of Topliss-reactive ketones (excluding diaryl/α,β-unsaturated/α-hetero) is 1. The van der Waals surface area contributed by atoms with E-state index in [0.29, 0.717) is 11.0 Å². The number of aliphatic hydroxyl groups is 5. The van der Waals surface area contributed by atoms with Crippen molar-refractivity contribution in [1.29, 1.82) is 1.43 Å². The first kappa shape index (κ1) is 21.4. The van der Waals surface area contributed by atoms with Gasteiger partial charge in [-0.3, -0.25) is 9.59 Å². The first-order chi connectivity index (χ1) is 13.4. The average molecular weight is 391 g/mol. The Hall–Kier alpha value is -1.90. The maximum Gasteiger partial charge on any atom is 0.488 e. The van der Waals surface area contributed by atoms with Crippen LogP contribution in [0.5, 0.6) is 0 Å². The van der Waals surface area contributed by atoms with Crippen molar-refractivity contribution in [2.45, 2.75) is 30.8 Å². The first-order valence-corrected chi connectivity index (χ1v) is 7.61. The van der Waals surface area contributed by atoms with Gasteiger partial charge >= 0.3 is 13.1 Å². The number of aliphatic hydroxyl groups excluding tert-OH is 5. The molecule has 0 unspecified atom stereocenters. The molecular formula is C15H24BNO10. The minimum Gasteiger partial charge on any atom is -0.480 e. The molecule has 152 valence electrons. The molecule has 11 nitrogen and oxygen atoms in total. The largest absolute Gasteiger partial charge is 0.488 e. The molecule has 0 bridgehead atoms. The molecule has 12 heteroatoms. The van der Waals surface area contributed by atoms with E-state index in [1.165, 1.54) is 24.3 Å². The predicted octanol–water partition coefficient (Wildman–Crippen LogP) is -5.06. The SMILES string of the molecule is O=C(CO)[C@@H](O)[C@H](O)[C@H](O)CO.[2H]OC(=O)[C@@]([2H])(N)Cc1ccc(B(O)O)cc1. The predicted molar refractivity (Wildman–Crippen MR) is 92.8 cm³/mol. The van der Waals surface area contributed by atoms with Gasteiger partial charge in [-0.25, -0.2) is 0 Å². The molecule has 0 amide bonds. The average Bonchev–Trinajstić information content (AvgIpc) is 2.71. The van der Waals surface area contributed by atoms with Crippen molar-refractivity contribution >= 4 is 24.3 Å². The number of carbonyl (C=O) groups is 2. The number of aliphatic carboxylic acids is 1. The van der Waals surface area contributed by atoms with Crippen molar-refractivity contribution < 1.29 is 51.6 Å². The van der Waals surface area contributed by atoms with E-state index in [1.54, 1.807) is 0 Å². The highest BCUT2D eigenvalue weighted by Gasteiger charge is 2.28. The zero-order valence-corrected chi connectivity index (χ0v) is 14.2. The molecule has 0 fully saturated rings. The standard InChI is InChI=1S/C9H12BNO4.C6H12O6/c11-8(9(12)13)5-6-1-3-7(4-2-6)10(14)15;7-1-3(9)5(11)6(12)4(10)2-8/h1-4,8,14-15H,5,11H2,(H,12,13);3,5-9,11-12H,1-2H2/t8-;3-,5-,6-/m01/s1/i8D;/hD. The highest BCUT2D eigenvalue weighted by atomic mass is 16.4. The maximum atomic E-state index is 11.0. The van der Waals surface area contributed by atoms with Crippen molar-refractivity contribution in [2.75, 3.05) is 13.2 Å². The number of hydrogen-bond acceptors (Lipinski definition) is 11. The van der Waals surface area contributed by atoms with Crippen LogP contribution in [0.1, 0.15) is 6.93 Å². The molecule has 1 aromatic rings. The molecule has 0 spiro atoms. The summed E-state index contributed by atoms with van der Waals surface area (Å²) in [6, 6.07) is 3.90. The summed E-state index contributed by atoms with van der Waals surface area (Å²) >= 11 is 0. The normalized spacial score (nSPS) is 17.0. The molecular weight excluding hydrogens is 365 g/mol. The van der Waals surface area contributed by atoms with Crippen LogP contribution >= 0.6 is 0 Å². The Balaban J connectivity index is 0.000000578. The highest BCUT2D eigenvalue weighted by molar-refractivity contribution is 6.58. The van der Waals surface area contributed by atoms with Crippen molar-refractivity contribution in [2.24, 2.45) is 5.73 Å². The number of hydrogen-bond donors (Lipinski definition) is 9. The third kappa shape index (κ3) is 9.04. The lowest BCUT2D eigenvalue weighted by molar-refractivity contribution is -0.142. The number of carboxylic acids is 1. The van der Waals surface area contributed by atoms with Crippen molar-refractivity contribution in [1.82, 2.24) is 0 Å². The molecule has 0 aromatic heterocycles. The third-order valence-electron chi connectivity index (χ3n) is 3.33. The van der Waals surface area contributed by atoms with Gasteiger partial charge in [0.1, 0.15) is 30.9 Å². The zero-order chi connectivity index (χ0) is 22.8. The first-order valence-electron chi connectivity index (χ1n) is 8.52. The number of carbonyl (C=O) groups excluding carboxylic acids is 1. The fourth-order valence-electron chi connectivity index (χ4n) is 1.70. The van der Waals surface area contributed by atoms with Crippen LogP contribution in [0.15, 0.2) is 24.3 Å². The molecule has 0 radical (unpaired) electrons. The van der Waals surface area contributed by atoms with Crippen molar-refractivity contribution in [3.63, 3.8) is 0 Å². The Labute approximate surface area is 158 Å². The van der Waals surface area contributed by atoms with Crippen LogP contribution in [0.4, 0.5) is 0 Å². The van der Waals surface area contributed by atoms with E-state index in [9.17, 15) is 9.59 Å². The topological polar surface area (TPSA) is 222 Å². The van der Waals surface area contributed by atoms with Gasteiger partial charge in [0.15, 0.2) is 5.78 Å². The number of nitrogens with two attached hydrogens (primary N) is 1. The summed E-state index contributed by atoms with van der Waals surface area (Å²) in [5.41, 5.74) is 6.22. The van der Waals surface area contributed by atoms with E-state index in [1.807, 2.05) is 0 Å². The van der Waals surface area contributed by atoms with Gasteiger partial charge < -0.3 is 46.4 Å². The fourth-order valence-corrected chi connectivity index (χ4v) is 1.70. The Morgan fingerprint density at radius 2 is 1.70 bits per heavy atom. The Morgan fingerprint density at radius 3 is 2.11 bits per heavy atom. The van der Waals surface area contributed by atoms with E-state index in [2.05, 4.69) is 5.11 Å². The van der Waals surface area contributed by atoms with Crippen LogP contribution in [0.3, 0.4) is 0 Å². The molecule has 0 saturated carbocycles. The number of rotatable bonds is 9. The van der Waals surface area contributed by atoms with Gasteiger partial charge in [0.25, 0.3) is 1.43 Å². The van der Waals surface area contributed by atoms with Crippen LogP contribution < -0.4 is 11.2 Å². The lowest BCUT2D eigenvalue weighted by atomic mass is 9.80. The van der Waals surface area contributed by atoms with Gasteiger partial charge in [-0.05, 0) is 17.4 Å². The summed E-state index contributed by atoms with van der Waals surface area (Å²) in [5, 5.41) is 64.5. The van der Waals surface area contributed by atoms with Crippen molar-refractivity contribution in [3.8, 4) is 0 Å². The van der Waals surface area contributed by atoms with Gasteiger partial charge in [0.05, 0.1) is 7.98 Å².